The number of hydrogen-bond acceptors (Lipinski definition) is 4. The molecular weight excluding hydrogens is 220 g/mol. The number of hydrogen-bond donors (Lipinski definition) is 0. The van der Waals surface area contributed by atoms with Crippen LogP contribution in [0, 0.1) is 6.92 Å². The van der Waals surface area contributed by atoms with Crippen LogP contribution in [0.3, 0.4) is 0 Å². The van der Waals surface area contributed by atoms with E-state index in [0.717, 1.165) is 7.11 Å². The third-order valence-corrected chi connectivity index (χ3v) is 1.96. The molecule has 4 nitrogen and oxygen atoms in total. The van der Waals surface area contributed by atoms with Crippen LogP contribution in [0.5, 0.6) is 5.75 Å². The number of pyridine rings is 1. The van der Waals surface area contributed by atoms with E-state index < -0.39 is 18.1 Å². The van der Waals surface area contributed by atoms with Gasteiger partial charge in [0.15, 0.2) is 0 Å². The molecule has 0 fully saturated rings. The largest absolute Gasteiger partial charge is 0.496 e. The molecule has 1 rings (SSSR count). The summed E-state index contributed by atoms with van der Waals surface area (Å²) in [7, 11) is 2.40. The molecule has 0 atom stereocenters. The Labute approximate surface area is 91.2 Å². The zero-order valence-electron chi connectivity index (χ0n) is 9.08. The minimum atomic E-state index is -2.86. The average molecular weight is 231 g/mol. The first-order valence-corrected chi connectivity index (χ1v) is 4.43. The van der Waals surface area contributed by atoms with Gasteiger partial charge >= 0.3 is 5.97 Å². The summed E-state index contributed by atoms with van der Waals surface area (Å²) in [6, 6.07) is 1.40. The Bertz CT molecular complexity index is 407. The fourth-order valence-corrected chi connectivity index (χ4v) is 1.29. The van der Waals surface area contributed by atoms with E-state index in [2.05, 4.69) is 9.72 Å². The summed E-state index contributed by atoms with van der Waals surface area (Å²) < 4.78 is 34.7. The maximum atomic E-state index is 12.7. The number of esters is 1. The van der Waals surface area contributed by atoms with Gasteiger partial charge in [-0.2, -0.15) is 0 Å². The first kappa shape index (κ1) is 12.4. The van der Waals surface area contributed by atoms with Gasteiger partial charge in [0.05, 0.1) is 14.2 Å². The Morgan fingerprint density at radius 3 is 2.50 bits per heavy atom. The van der Waals surface area contributed by atoms with Crippen molar-refractivity contribution in [1.29, 1.82) is 0 Å². The van der Waals surface area contributed by atoms with Crippen LogP contribution in [0.15, 0.2) is 6.07 Å². The normalized spacial score (nSPS) is 10.4. The summed E-state index contributed by atoms with van der Waals surface area (Å²) in [5.41, 5.74) is -0.603. The highest BCUT2D eigenvalue weighted by atomic mass is 19.3. The highest BCUT2D eigenvalue weighted by Crippen LogP contribution is 2.29. The molecule has 0 bridgehead atoms. The van der Waals surface area contributed by atoms with Crippen molar-refractivity contribution in [2.45, 2.75) is 13.3 Å². The Balaban J connectivity index is 3.45. The number of methoxy groups -OCH3 is 2. The average Bonchev–Trinajstić information content (AvgIpc) is 2.26. The number of nitrogens with zero attached hydrogens (tertiary/aromatic N) is 1. The second-order valence-corrected chi connectivity index (χ2v) is 3.02. The first-order chi connectivity index (χ1) is 7.51. The number of halogens is 2. The Kier molecular flexibility index (Phi) is 3.76. The Hall–Kier alpha value is -1.72. The van der Waals surface area contributed by atoms with Crippen LogP contribution in [-0.2, 0) is 4.74 Å². The SMILES string of the molecule is COC(=O)c1c(OC)cc(C)nc1C(F)F. The van der Waals surface area contributed by atoms with Crippen molar-refractivity contribution in [2.75, 3.05) is 14.2 Å². The third-order valence-electron chi connectivity index (χ3n) is 1.96. The highest BCUT2D eigenvalue weighted by Gasteiger charge is 2.25. The van der Waals surface area contributed by atoms with Crippen LogP contribution in [-0.4, -0.2) is 25.2 Å². The summed E-state index contributed by atoms with van der Waals surface area (Å²) in [4.78, 5) is 15.0. The van der Waals surface area contributed by atoms with Gasteiger partial charge < -0.3 is 9.47 Å². The van der Waals surface area contributed by atoms with Gasteiger partial charge in [0.25, 0.3) is 6.43 Å². The lowest BCUT2D eigenvalue weighted by atomic mass is 10.1. The fraction of sp³-hybridized carbons (Fsp3) is 0.400. The van der Waals surface area contributed by atoms with Gasteiger partial charge in [0, 0.05) is 11.8 Å². The van der Waals surface area contributed by atoms with Crippen molar-refractivity contribution in [1.82, 2.24) is 4.98 Å². The minimum absolute atomic E-state index is 0.0367. The molecule has 0 N–H and O–H groups in total. The smallest absolute Gasteiger partial charge is 0.343 e. The monoisotopic (exact) mass is 231 g/mol. The van der Waals surface area contributed by atoms with Gasteiger partial charge in [-0.3, -0.25) is 4.98 Å². The number of ether oxygens (including phenoxy) is 2. The molecule has 0 aliphatic rings. The van der Waals surface area contributed by atoms with Gasteiger partial charge in [-0.05, 0) is 6.92 Å². The standard InChI is InChI=1S/C10H11F2NO3/c1-5-4-6(15-2)7(10(14)16-3)8(13-5)9(11)12/h4,9H,1-3H3. The van der Waals surface area contributed by atoms with Crippen LogP contribution in [0.2, 0.25) is 0 Å². The van der Waals surface area contributed by atoms with Crippen molar-refractivity contribution in [2.24, 2.45) is 0 Å². The molecule has 0 radical (unpaired) electrons. The van der Waals surface area contributed by atoms with Crippen LogP contribution < -0.4 is 4.74 Å². The molecule has 0 amide bonds. The molecule has 1 aromatic heterocycles. The van der Waals surface area contributed by atoms with E-state index in [1.54, 1.807) is 0 Å². The van der Waals surface area contributed by atoms with Gasteiger partial charge in [-0.15, -0.1) is 0 Å². The third kappa shape index (κ3) is 2.26. The summed E-state index contributed by atoms with van der Waals surface area (Å²) >= 11 is 0. The van der Waals surface area contributed by atoms with E-state index >= 15 is 0 Å². The molecule has 0 saturated carbocycles. The van der Waals surface area contributed by atoms with Crippen molar-refractivity contribution in [3.63, 3.8) is 0 Å². The van der Waals surface area contributed by atoms with E-state index in [1.165, 1.54) is 20.1 Å². The van der Waals surface area contributed by atoms with Crippen LogP contribution in [0.4, 0.5) is 8.78 Å². The maximum absolute atomic E-state index is 12.7. The van der Waals surface area contributed by atoms with E-state index in [1.807, 2.05) is 0 Å². The molecule has 6 heteroatoms. The fourth-order valence-electron chi connectivity index (χ4n) is 1.29. The first-order valence-electron chi connectivity index (χ1n) is 4.43. The number of carbonyl (C=O) groups is 1. The molecular formula is C10H11F2NO3. The van der Waals surface area contributed by atoms with Gasteiger partial charge in [-0.25, -0.2) is 13.6 Å². The molecule has 1 heterocycles. The molecule has 0 aliphatic heterocycles. The topological polar surface area (TPSA) is 48.4 Å². The number of aromatic nitrogens is 1. The van der Waals surface area contributed by atoms with E-state index in [-0.39, 0.29) is 11.3 Å². The van der Waals surface area contributed by atoms with Gasteiger partial charge in [-0.1, -0.05) is 0 Å². The zero-order valence-corrected chi connectivity index (χ0v) is 9.08. The van der Waals surface area contributed by atoms with E-state index in [0.29, 0.717) is 5.69 Å². The summed E-state index contributed by atoms with van der Waals surface area (Å²) in [6.45, 7) is 1.54. The van der Waals surface area contributed by atoms with E-state index in [9.17, 15) is 13.6 Å². The Morgan fingerprint density at radius 1 is 1.44 bits per heavy atom. The van der Waals surface area contributed by atoms with Crippen LogP contribution in [0.25, 0.3) is 0 Å². The van der Waals surface area contributed by atoms with Crippen molar-refractivity contribution >= 4 is 5.97 Å². The number of carbonyl (C=O) groups excluding carboxylic acids is 1. The summed E-state index contributed by atoms with van der Waals surface area (Å²) in [5, 5.41) is 0. The second-order valence-electron chi connectivity index (χ2n) is 3.02. The predicted octanol–water partition coefficient (Wildman–Crippen LogP) is 2.12. The Morgan fingerprint density at radius 2 is 2.06 bits per heavy atom. The van der Waals surface area contributed by atoms with Crippen molar-refractivity contribution in [3.8, 4) is 5.75 Å². The molecule has 0 aromatic carbocycles. The lowest BCUT2D eigenvalue weighted by Gasteiger charge is -2.11. The summed E-state index contributed by atoms with van der Waals surface area (Å²) in [5.74, 6) is -0.852. The molecule has 0 spiro atoms. The number of alkyl halides is 2. The summed E-state index contributed by atoms with van der Waals surface area (Å²) in [6.07, 6.45) is -2.86. The van der Waals surface area contributed by atoms with Crippen LogP contribution >= 0.6 is 0 Å². The quantitative estimate of drug-likeness (QED) is 0.747. The number of rotatable bonds is 3. The molecule has 16 heavy (non-hydrogen) atoms. The molecule has 0 aliphatic carbocycles. The van der Waals surface area contributed by atoms with Crippen LogP contribution in [0.1, 0.15) is 28.2 Å². The zero-order chi connectivity index (χ0) is 12.3. The van der Waals surface area contributed by atoms with Crippen molar-refractivity contribution < 1.29 is 23.0 Å². The molecule has 88 valence electrons. The lowest BCUT2D eigenvalue weighted by molar-refractivity contribution is 0.0582. The number of aryl methyl sites for hydroxylation is 1. The lowest BCUT2D eigenvalue weighted by Crippen LogP contribution is -2.11. The second kappa shape index (κ2) is 4.87. The van der Waals surface area contributed by atoms with Gasteiger partial charge in [0.1, 0.15) is 17.0 Å². The molecule has 1 aromatic rings. The minimum Gasteiger partial charge on any atom is -0.496 e. The highest BCUT2D eigenvalue weighted by molar-refractivity contribution is 5.93. The molecule has 0 saturated heterocycles. The predicted molar refractivity (Wildman–Crippen MR) is 51.8 cm³/mol. The van der Waals surface area contributed by atoms with E-state index in [4.69, 9.17) is 4.74 Å². The molecule has 0 unspecified atom stereocenters. The maximum Gasteiger partial charge on any atom is 0.343 e. The van der Waals surface area contributed by atoms with Gasteiger partial charge in [0.2, 0.25) is 0 Å². The van der Waals surface area contributed by atoms with Crippen molar-refractivity contribution in [3.05, 3.63) is 23.0 Å².